The zero-order valence-corrected chi connectivity index (χ0v) is 16.6. The van der Waals surface area contributed by atoms with Crippen molar-refractivity contribution in [2.24, 2.45) is 0 Å². The van der Waals surface area contributed by atoms with E-state index in [-0.39, 0.29) is 5.91 Å². The second-order valence-corrected chi connectivity index (χ2v) is 6.78. The molecule has 4 aromatic rings. The van der Waals surface area contributed by atoms with Gasteiger partial charge in [0.15, 0.2) is 5.82 Å². The number of rotatable bonds is 7. The molecule has 0 atom stereocenters. The molecule has 3 aromatic heterocycles. The van der Waals surface area contributed by atoms with Crippen LogP contribution in [0, 0.1) is 11.3 Å². The number of pyridine rings is 1. The number of aromatic nitrogens is 5. The molecule has 154 valence electrons. The summed E-state index contributed by atoms with van der Waals surface area (Å²) in [7, 11) is 0. The second kappa shape index (κ2) is 8.92. The quantitative estimate of drug-likeness (QED) is 0.448. The normalized spacial score (nSPS) is 10.5. The number of nitrogens with zero attached hydrogens (tertiary/aromatic N) is 6. The Morgan fingerprint density at radius 3 is 2.68 bits per heavy atom. The van der Waals surface area contributed by atoms with E-state index in [9.17, 15) is 10.1 Å². The van der Waals surface area contributed by atoms with Crippen molar-refractivity contribution in [2.75, 3.05) is 12.3 Å². The first-order chi connectivity index (χ1) is 15.2. The Kier molecular flexibility index (Phi) is 5.71. The van der Waals surface area contributed by atoms with Gasteiger partial charge in [0.25, 0.3) is 5.91 Å². The average molecular weight is 412 g/mol. The van der Waals surface area contributed by atoms with Crippen LogP contribution in [0.3, 0.4) is 0 Å². The van der Waals surface area contributed by atoms with Gasteiger partial charge in [0.1, 0.15) is 17.5 Å². The van der Waals surface area contributed by atoms with Gasteiger partial charge in [-0.15, -0.1) is 0 Å². The SMILES string of the molecule is N#Cc1c(CCCNC(=O)c2ccc(-n3cccn3)nc2)nn(-c2ccccc2)c1N. The van der Waals surface area contributed by atoms with Crippen LogP contribution < -0.4 is 11.1 Å². The molecule has 9 nitrogen and oxygen atoms in total. The highest BCUT2D eigenvalue weighted by Crippen LogP contribution is 2.21. The van der Waals surface area contributed by atoms with Crippen LogP contribution in [-0.4, -0.2) is 37.0 Å². The fourth-order valence-corrected chi connectivity index (χ4v) is 3.16. The third kappa shape index (κ3) is 4.28. The predicted octanol–water partition coefficient (Wildman–Crippen LogP) is 2.27. The summed E-state index contributed by atoms with van der Waals surface area (Å²) in [6.07, 6.45) is 6.09. The molecule has 0 unspecified atom stereocenters. The standard InChI is InChI=1S/C22H20N8O/c23-14-18-19(28-30(21(18)24)17-6-2-1-3-7-17)8-4-11-25-22(31)16-9-10-20(26-15-16)29-13-5-12-27-29/h1-3,5-7,9-10,12-13,15H,4,8,11,24H2,(H,25,31). The van der Waals surface area contributed by atoms with Gasteiger partial charge in [0, 0.05) is 25.1 Å². The number of nitriles is 1. The molecular weight excluding hydrogens is 392 g/mol. The third-order valence-corrected chi connectivity index (χ3v) is 4.73. The first kappa shape index (κ1) is 19.8. The van der Waals surface area contributed by atoms with Crippen molar-refractivity contribution in [3.8, 4) is 17.6 Å². The van der Waals surface area contributed by atoms with E-state index in [2.05, 4.69) is 26.6 Å². The van der Waals surface area contributed by atoms with Crippen LogP contribution in [0.1, 0.15) is 28.0 Å². The molecule has 0 aliphatic heterocycles. The summed E-state index contributed by atoms with van der Waals surface area (Å²) in [4.78, 5) is 16.6. The summed E-state index contributed by atoms with van der Waals surface area (Å²) >= 11 is 0. The van der Waals surface area contributed by atoms with E-state index in [4.69, 9.17) is 5.73 Å². The monoisotopic (exact) mass is 412 g/mol. The van der Waals surface area contributed by atoms with Gasteiger partial charge in [-0.2, -0.15) is 15.5 Å². The van der Waals surface area contributed by atoms with E-state index in [1.807, 2.05) is 30.3 Å². The van der Waals surface area contributed by atoms with Gasteiger partial charge in [-0.25, -0.2) is 14.3 Å². The Bertz CT molecular complexity index is 1210. The molecule has 0 bridgehead atoms. The molecule has 3 heterocycles. The van der Waals surface area contributed by atoms with E-state index in [1.54, 1.807) is 40.0 Å². The summed E-state index contributed by atoms with van der Waals surface area (Å²) in [6.45, 7) is 0.433. The molecule has 0 spiro atoms. The number of hydrogen-bond acceptors (Lipinski definition) is 6. The number of amides is 1. The summed E-state index contributed by atoms with van der Waals surface area (Å²) in [5, 5.41) is 20.9. The van der Waals surface area contributed by atoms with Gasteiger partial charge in [-0.05, 0) is 43.2 Å². The average Bonchev–Trinajstić information content (AvgIpc) is 3.45. The molecule has 3 N–H and O–H groups in total. The number of aryl methyl sites for hydroxylation is 1. The minimum atomic E-state index is -0.214. The Hall–Kier alpha value is -4.45. The van der Waals surface area contributed by atoms with Crippen LogP contribution >= 0.6 is 0 Å². The van der Waals surface area contributed by atoms with Crippen molar-refractivity contribution in [1.29, 1.82) is 5.26 Å². The lowest BCUT2D eigenvalue weighted by Gasteiger charge is -2.06. The van der Waals surface area contributed by atoms with Gasteiger partial charge in [0.05, 0.1) is 16.9 Å². The first-order valence-electron chi connectivity index (χ1n) is 9.74. The second-order valence-electron chi connectivity index (χ2n) is 6.78. The van der Waals surface area contributed by atoms with Gasteiger partial charge >= 0.3 is 0 Å². The molecule has 0 aliphatic carbocycles. The minimum absolute atomic E-state index is 0.214. The zero-order valence-electron chi connectivity index (χ0n) is 16.6. The number of nitrogens with two attached hydrogens (primary N) is 1. The maximum atomic E-state index is 12.4. The number of anilines is 1. The zero-order chi connectivity index (χ0) is 21.6. The number of nitrogen functional groups attached to an aromatic ring is 1. The van der Waals surface area contributed by atoms with Crippen LogP contribution in [0.15, 0.2) is 67.1 Å². The maximum Gasteiger partial charge on any atom is 0.252 e. The summed E-state index contributed by atoms with van der Waals surface area (Å²) < 4.78 is 3.19. The van der Waals surface area contributed by atoms with Crippen molar-refractivity contribution < 1.29 is 4.79 Å². The topological polar surface area (TPSA) is 127 Å². The fourth-order valence-electron chi connectivity index (χ4n) is 3.16. The predicted molar refractivity (Wildman–Crippen MR) is 115 cm³/mol. The number of benzene rings is 1. The van der Waals surface area contributed by atoms with Crippen molar-refractivity contribution in [2.45, 2.75) is 12.8 Å². The van der Waals surface area contributed by atoms with Crippen molar-refractivity contribution in [3.63, 3.8) is 0 Å². The number of nitrogens with one attached hydrogen (secondary N) is 1. The lowest BCUT2D eigenvalue weighted by Crippen LogP contribution is -2.25. The Morgan fingerprint density at radius 2 is 2.00 bits per heavy atom. The third-order valence-electron chi connectivity index (χ3n) is 4.73. The first-order valence-corrected chi connectivity index (χ1v) is 9.74. The van der Waals surface area contributed by atoms with Gasteiger partial charge in [-0.1, -0.05) is 18.2 Å². The molecule has 4 rings (SSSR count). The van der Waals surface area contributed by atoms with E-state index in [1.165, 1.54) is 6.20 Å². The van der Waals surface area contributed by atoms with Crippen LogP contribution in [0.25, 0.3) is 11.5 Å². The molecule has 0 saturated heterocycles. The number of hydrogen-bond donors (Lipinski definition) is 2. The van der Waals surface area contributed by atoms with Crippen LogP contribution in [0.4, 0.5) is 5.82 Å². The van der Waals surface area contributed by atoms with E-state index in [0.29, 0.717) is 47.8 Å². The van der Waals surface area contributed by atoms with Crippen LogP contribution in [0.5, 0.6) is 0 Å². The largest absolute Gasteiger partial charge is 0.382 e. The number of carbonyl (C=O) groups excluding carboxylic acids is 1. The Labute approximate surface area is 178 Å². The summed E-state index contributed by atoms with van der Waals surface area (Å²) in [5.74, 6) is 0.739. The van der Waals surface area contributed by atoms with E-state index >= 15 is 0 Å². The molecule has 0 fully saturated rings. The highest BCUT2D eigenvalue weighted by atomic mass is 16.1. The van der Waals surface area contributed by atoms with Crippen molar-refractivity contribution >= 4 is 11.7 Å². The van der Waals surface area contributed by atoms with Crippen LogP contribution in [-0.2, 0) is 6.42 Å². The lowest BCUT2D eigenvalue weighted by atomic mass is 10.1. The van der Waals surface area contributed by atoms with Gasteiger partial charge in [0.2, 0.25) is 0 Å². The van der Waals surface area contributed by atoms with E-state index < -0.39 is 0 Å². The molecule has 1 amide bonds. The van der Waals surface area contributed by atoms with Gasteiger partial charge in [-0.3, -0.25) is 4.79 Å². The Morgan fingerprint density at radius 1 is 1.16 bits per heavy atom. The molecular formula is C22H20N8O. The lowest BCUT2D eigenvalue weighted by molar-refractivity contribution is 0.0953. The number of carbonyl (C=O) groups is 1. The molecule has 9 heteroatoms. The molecule has 31 heavy (non-hydrogen) atoms. The molecule has 0 saturated carbocycles. The molecule has 0 radical (unpaired) electrons. The Balaban J connectivity index is 1.34. The van der Waals surface area contributed by atoms with Crippen molar-refractivity contribution in [1.82, 2.24) is 29.9 Å². The molecule has 1 aromatic carbocycles. The fraction of sp³-hybridized carbons (Fsp3) is 0.136. The van der Waals surface area contributed by atoms with E-state index in [0.717, 1.165) is 5.69 Å². The van der Waals surface area contributed by atoms with Gasteiger partial charge < -0.3 is 11.1 Å². The number of para-hydroxylation sites is 1. The van der Waals surface area contributed by atoms with Crippen molar-refractivity contribution in [3.05, 3.63) is 83.9 Å². The highest BCUT2D eigenvalue weighted by Gasteiger charge is 2.16. The minimum Gasteiger partial charge on any atom is -0.382 e. The summed E-state index contributed by atoms with van der Waals surface area (Å²) in [5.41, 5.74) is 8.36. The molecule has 0 aliphatic rings. The maximum absolute atomic E-state index is 12.4. The summed E-state index contributed by atoms with van der Waals surface area (Å²) in [6, 6.07) is 16.8. The highest BCUT2D eigenvalue weighted by molar-refractivity contribution is 5.93. The smallest absolute Gasteiger partial charge is 0.252 e. The van der Waals surface area contributed by atoms with Crippen LogP contribution in [0.2, 0.25) is 0 Å².